The average Bonchev–Trinajstić information content (AvgIpc) is 3.23. The van der Waals surface area contributed by atoms with Gasteiger partial charge in [-0.1, -0.05) is 23.7 Å². The molecular weight excluding hydrogens is 364 g/mol. The molecule has 27 heavy (non-hydrogen) atoms. The summed E-state index contributed by atoms with van der Waals surface area (Å²) in [7, 11) is 0. The second kappa shape index (κ2) is 7.36. The number of carbonyl (C=O) groups is 1. The maximum atomic E-state index is 12.7. The minimum absolute atomic E-state index is 0.0488. The summed E-state index contributed by atoms with van der Waals surface area (Å²) >= 11 is 6.01. The molecule has 0 spiro atoms. The number of nitrogens with one attached hydrogen (secondary N) is 1. The van der Waals surface area contributed by atoms with Crippen molar-refractivity contribution in [3.8, 4) is 11.1 Å². The topological polar surface area (TPSA) is 101 Å². The van der Waals surface area contributed by atoms with E-state index in [0.29, 0.717) is 23.8 Å². The molecule has 8 heteroatoms. The number of rotatable bonds is 3. The van der Waals surface area contributed by atoms with Gasteiger partial charge in [-0.2, -0.15) is 5.10 Å². The van der Waals surface area contributed by atoms with Gasteiger partial charge in [0.1, 0.15) is 5.69 Å². The normalized spacial score (nSPS) is 17.1. The third kappa shape index (κ3) is 3.64. The molecule has 138 valence electrons. The molecule has 1 aliphatic heterocycles. The molecule has 1 saturated heterocycles. The number of aromatic nitrogens is 4. The second-order valence-electron chi connectivity index (χ2n) is 6.59. The molecule has 0 bridgehead atoms. The van der Waals surface area contributed by atoms with Crippen LogP contribution in [0.4, 0.5) is 5.95 Å². The van der Waals surface area contributed by atoms with E-state index in [1.807, 2.05) is 29.2 Å². The van der Waals surface area contributed by atoms with E-state index in [4.69, 9.17) is 17.3 Å². The number of nitrogen functional groups attached to an aromatic ring is 1. The van der Waals surface area contributed by atoms with Gasteiger partial charge < -0.3 is 10.6 Å². The molecule has 1 aromatic carbocycles. The fourth-order valence-corrected chi connectivity index (χ4v) is 3.63. The molecule has 0 aliphatic carbocycles. The molecule has 3 aromatic rings. The number of piperidine rings is 1. The van der Waals surface area contributed by atoms with Gasteiger partial charge in [0.25, 0.3) is 5.91 Å². The fourth-order valence-electron chi connectivity index (χ4n) is 3.50. The average molecular weight is 383 g/mol. The van der Waals surface area contributed by atoms with Crippen LogP contribution in [0.3, 0.4) is 0 Å². The number of nitrogens with zero attached hydrogens (tertiary/aromatic N) is 4. The van der Waals surface area contributed by atoms with Crippen molar-refractivity contribution in [3.63, 3.8) is 0 Å². The minimum Gasteiger partial charge on any atom is -0.368 e. The SMILES string of the molecule is Nc1ncc(-c2ccc(Cl)cc2)c([C@@H]2CCCN(C(=O)c3ccn[nH]3)C2)n1. The summed E-state index contributed by atoms with van der Waals surface area (Å²) in [6.45, 7) is 1.29. The molecule has 4 rings (SSSR count). The highest BCUT2D eigenvalue weighted by molar-refractivity contribution is 6.30. The zero-order valence-electron chi connectivity index (χ0n) is 14.6. The molecule has 0 saturated carbocycles. The summed E-state index contributed by atoms with van der Waals surface area (Å²) in [6.07, 6.45) is 5.16. The van der Waals surface area contributed by atoms with E-state index in [0.717, 1.165) is 29.7 Å². The Hall–Kier alpha value is -2.93. The highest BCUT2D eigenvalue weighted by Crippen LogP contribution is 2.34. The smallest absolute Gasteiger partial charge is 0.271 e. The zero-order valence-corrected chi connectivity index (χ0v) is 15.4. The number of aromatic amines is 1. The van der Waals surface area contributed by atoms with Crippen molar-refractivity contribution in [1.29, 1.82) is 0 Å². The van der Waals surface area contributed by atoms with Gasteiger partial charge in [0.2, 0.25) is 5.95 Å². The predicted octanol–water partition coefficient (Wildman–Crippen LogP) is 3.12. The number of H-pyrrole nitrogens is 1. The van der Waals surface area contributed by atoms with E-state index < -0.39 is 0 Å². The van der Waals surface area contributed by atoms with Crippen LogP contribution in [0.25, 0.3) is 11.1 Å². The predicted molar refractivity (Wildman–Crippen MR) is 103 cm³/mol. The third-order valence-corrected chi connectivity index (χ3v) is 5.07. The standard InChI is InChI=1S/C19H19ClN6O/c20-14-5-3-12(4-6-14)15-10-22-19(21)24-17(15)13-2-1-9-26(11-13)18(27)16-7-8-23-25-16/h3-8,10,13H,1-2,9,11H2,(H,23,25)(H2,21,22,24)/t13-/m1/s1. The number of nitrogens with two attached hydrogens (primary N) is 1. The molecule has 7 nitrogen and oxygen atoms in total. The lowest BCUT2D eigenvalue weighted by molar-refractivity contribution is 0.0700. The number of likely N-dealkylation sites (tertiary alicyclic amines) is 1. The van der Waals surface area contributed by atoms with Crippen molar-refractivity contribution in [2.45, 2.75) is 18.8 Å². The van der Waals surface area contributed by atoms with Crippen molar-refractivity contribution in [1.82, 2.24) is 25.1 Å². The first-order valence-electron chi connectivity index (χ1n) is 8.79. The Balaban J connectivity index is 1.65. The Morgan fingerprint density at radius 1 is 1.26 bits per heavy atom. The lowest BCUT2D eigenvalue weighted by atomic mass is 9.90. The van der Waals surface area contributed by atoms with Gasteiger partial charge in [0.05, 0.1) is 5.69 Å². The Morgan fingerprint density at radius 2 is 2.07 bits per heavy atom. The van der Waals surface area contributed by atoms with Crippen molar-refractivity contribution in [3.05, 3.63) is 59.1 Å². The first kappa shape index (κ1) is 17.5. The summed E-state index contributed by atoms with van der Waals surface area (Å²) in [5.74, 6) is 0.272. The van der Waals surface area contributed by atoms with Gasteiger partial charge in [-0.15, -0.1) is 0 Å². The highest BCUT2D eigenvalue weighted by atomic mass is 35.5. The Labute approximate surface area is 161 Å². The Morgan fingerprint density at radius 3 is 2.81 bits per heavy atom. The number of amides is 1. The molecule has 1 amide bonds. The summed E-state index contributed by atoms with van der Waals surface area (Å²) in [4.78, 5) is 23.2. The van der Waals surface area contributed by atoms with Gasteiger partial charge in [-0.05, 0) is 36.6 Å². The number of hydrogen-bond acceptors (Lipinski definition) is 5. The van der Waals surface area contributed by atoms with Gasteiger partial charge in [0, 0.05) is 42.0 Å². The van der Waals surface area contributed by atoms with E-state index in [-0.39, 0.29) is 17.8 Å². The van der Waals surface area contributed by atoms with Crippen LogP contribution in [-0.4, -0.2) is 44.1 Å². The van der Waals surface area contributed by atoms with Gasteiger partial charge in [-0.25, -0.2) is 9.97 Å². The number of benzene rings is 1. The molecule has 0 radical (unpaired) electrons. The van der Waals surface area contributed by atoms with Crippen LogP contribution in [-0.2, 0) is 0 Å². The van der Waals surface area contributed by atoms with Crippen LogP contribution in [0.5, 0.6) is 0 Å². The molecule has 3 N–H and O–H groups in total. The zero-order chi connectivity index (χ0) is 18.8. The van der Waals surface area contributed by atoms with Crippen LogP contribution in [0, 0.1) is 0 Å². The minimum atomic E-state index is -0.0488. The van der Waals surface area contributed by atoms with Crippen molar-refractivity contribution >= 4 is 23.5 Å². The van der Waals surface area contributed by atoms with E-state index in [1.54, 1.807) is 18.5 Å². The quantitative estimate of drug-likeness (QED) is 0.724. The summed E-state index contributed by atoms with van der Waals surface area (Å²) < 4.78 is 0. The van der Waals surface area contributed by atoms with E-state index in [1.165, 1.54) is 0 Å². The lowest BCUT2D eigenvalue weighted by Crippen LogP contribution is -2.39. The maximum absolute atomic E-state index is 12.7. The van der Waals surface area contributed by atoms with E-state index in [9.17, 15) is 4.79 Å². The summed E-state index contributed by atoms with van der Waals surface area (Å²) in [5.41, 5.74) is 9.13. The Kier molecular flexibility index (Phi) is 4.77. The number of hydrogen-bond donors (Lipinski definition) is 2. The monoisotopic (exact) mass is 382 g/mol. The molecule has 2 aromatic heterocycles. The molecule has 3 heterocycles. The van der Waals surface area contributed by atoms with Crippen molar-refractivity contribution < 1.29 is 4.79 Å². The molecule has 1 atom stereocenters. The lowest BCUT2D eigenvalue weighted by Gasteiger charge is -2.33. The highest BCUT2D eigenvalue weighted by Gasteiger charge is 2.29. The molecule has 1 aliphatic rings. The van der Waals surface area contributed by atoms with E-state index >= 15 is 0 Å². The molecule has 1 fully saturated rings. The third-order valence-electron chi connectivity index (χ3n) is 4.82. The Bertz CT molecular complexity index is 941. The van der Waals surface area contributed by atoms with Crippen molar-refractivity contribution in [2.75, 3.05) is 18.8 Å². The number of anilines is 1. The van der Waals surface area contributed by atoms with Gasteiger partial charge in [0.15, 0.2) is 0 Å². The largest absolute Gasteiger partial charge is 0.368 e. The van der Waals surface area contributed by atoms with E-state index in [2.05, 4.69) is 20.2 Å². The maximum Gasteiger partial charge on any atom is 0.271 e. The molecular formula is C19H19ClN6O. The van der Waals surface area contributed by atoms with Crippen LogP contribution in [0.2, 0.25) is 5.02 Å². The van der Waals surface area contributed by atoms with Gasteiger partial charge >= 0.3 is 0 Å². The first-order chi connectivity index (χ1) is 13.1. The van der Waals surface area contributed by atoms with Gasteiger partial charge in [-0.3, -0.25) is 9.89 Å². The second-order valence-corrected chi connectivity index (χ2v) is 7.03. The summed E-state index contributed by atoms with van der Waals surface area (Å²) in [5, 5.41) is 7.28. The molecule has 0 unspecified atom stereocenters. The first-order valence-corrected chi connectivity index (χ1v) is 9.16. The van der Waals surface area contributed by atoms with Crippen molar-refractivity contribution in [2.24, 2.45) is 0 Å². The number of carbonyl (C=O) groups excluding carboxylic acids is 1. The fraction of sp³-hybridized carbons (Fsp3) is 0.263. The summed E-state index contributed by atoms with van der Waals surface area (Å²) in [6, 6.07) is 9.25. The van der Waals surface area contributed by atoms with Crippen LogP contribution in [0.15, 0.2) is 42.7 Å². The number of halogens is 1. The van der Waals surface area contributed by atoms with Crippen LogP contribution >= 0.6 is 11.6 Å². The van der Waals surface area contributed by atoms with Crippen LogP contribution in [0.1, 0.15) is 34.9 Å². The van der Waals surface area contributed by atoms with Crippen LogP contribution < -0.4 is 5.73 Å².